The Bertz CT molecular complexity index is 575. The molecule has 1 aromatic heterocycles. The van der Waals surface area contributed by atoms with Gasteiger partial charge in [-0.1, -0.05) is 4.49 Å². The topological polar surface area (TPSA) is 67.8 Å². The fraction of sp³-hybridized carbons (Fsp3) is 0.800. The van der Waals surface area contributed by atoms with E-state index in [2.05, 4.69) is 14.5 Å². The molecule has 3 saturated heterocycles. The van der Waals surface area contributed by atoms with Crippen molar-refractivity contribution in [3.63, 3.8) is 0 Å². The number of aromatic nitrogens is 2. The average molecular weight is 338 g/mol. The molecule has 0 unspecified atom stereocenters. The molecule has 8 heteroatoms. The lowest BCUT2D eigenvalue weighted by molar-refractivity contribution is -0.0579. The predicted molar refractivity (Wildman–Crippen MR) is 84.6 cm³/mol. The number of carbonyl (C=O) groups excluding carboxylic acids is 1. The van der Waals surface area contributed by atoms with Crippen LogP contribution in [0.25, 0.3) is 0 Å². The molecule has 0 aliphatic carbocycles. The quantitative estimate of drug-likeness (QED) is 0.785. The number of amides is 1. The first-order valence-electron chi connectivity index (χ1n) is 8.29. The highest BCUT2D eigenvalue weighted by molar-refractivity contribution is 7.05. The number of hydrogen-bond acceptors (Lipinski definition) is 7. The van der Waals surface area contributed by atoms with Gasteiger partial charge in [0, 0.05) is 26.2 Å². The maximum absolute atomic E-state index is 12.9. The maximum atomic E-state index is 12.9. The Morgan fingerprint density at radius 3 is 2.83 bits per heavy atom. The van der Waals surface area contributed by atoms with Crippen LogP contribution in [-0.4, -0.2) is 82.9 Å². The van der Waals surface area contributed by atoms with Crippen molar-refractivity contribution in [1.29, 1.82) is 0 Å². The maximum Gasteiger partial charge on any atom is 0.275 e. The number of likely N-dealkylation sites (tertiary alicyclic amines) is 1. The van der Waals surface area contributed by atoms with E-state index in [1.54, 1.807) is 0 Å². The minimum atomic E-state index is 0.00695. The Hall–Kier alpha value is -1.09. The zero-order chi connectivity index (χ0) is 15.8. The summed E-state index contributed by atoms with van der Waals surface area (Å²) >= 11 is 1.28. The standard InChI is InChI=1S/C15H22N4O3S/c1-10-13(16-17-23-10)15(20)19-9-12(18-4-7-21-8-5-18)14-11(19)3-2-6-22-14/h11-12,14H,2-9H2,1H3/t11-,12-,14+/m0/s1. The molecule has 0 bridgehead atoms. The van der Waals surface area contributed by atoms with E-state index in [-0.39, 0.29) is 24.1 Å². The van der Waals surface area contributed by atoms with Gasteiger partial charge in [-0.25, -0.2) is 0 Å². The molecule has 7 nitrogen and oxygen atoms in total. The number of nitrogens with zero attached hydrogens (tertiary/aromatic N) is 4. The normalized spacial score (nSPS) is 32.0. The van der Waals surface area contributed by atoms with Gasteiger partial charge < -0.3 is 14.4 Å². The zero-order valence-electron chi connectivity index (χ0n) is 13.3. The Morgan fingerprint density at radius 2 is 2.09 bits per heavy atom. The second-order valence-corrected chi connectivity index (χ2v) is 7.35. The van der Waals surface area contributed by atoms with Gasteiger partial charge in [0.05, 0.1) is 36.3 Å². The van der Waals surface area contributed by atoms with Crippen LogP contribution in [0.5, 0.6) is 0 Å². The van der Waals surface area contributed by atoms with Gasteiger partial charge in [0.25, 0.3) is 5.91 Å². The van der Waals surface area contributed by atoms with Crippen molar-refractivity contribution >= 4 is 17.4 Å². The van der Waals surface area contributed by atoms with E-state index < -0.39 is 0 Å². The van der Waals surface area contributed by atoms with E-state index in [1.807, 2.05) is 11.8 Å². The summed E-state index contributed by atoms with van der Waals surface area (Å²) in [5.74, 6) is 0.00695. The molecule has 1 amide bonds. The van der Waals surface area contributed by atoms with Crippen molar-refractivity contribution in [2.45, 2.75) is 38.0 Å². The summed E-state index contributed by atoms with van der Waals surface area (Å²) in [6, 6.07) is 0.422. The molecule has 4 heterocycles. The molecule has 1 aromatic rings. The van der Waals surface area contributed by atoms with Crippen LogP contribution in [0.4, 0.5) is 0 Å². The average Bonchev–Trinajstić information content (AvgIpc) is 3.19. The van der Waals surface area contributed by atoms with Crippen LogP contribution in [0.3, 0.4) is 0 Å². The van der Waals surface area contributed by atoms with Crippen molar-refractivity contribution in [1.82, 2.24) is 19.4 Å². The van der Waals surface area contributed by atoms with Crippen molar-refractivity contribution in [2.24, 2.45) is 0 Å². The Kier molecular flexibility index (Phi) is 4.31. The third kappa shape index (κ3) is 2.77. The van der Waals surface area contributed by atoms with Crippen LogP contribution in [0.15, 0.2) is 0 Å². The molecule has 0 spiro atoms. The summed E-state index contributed by atoms with van der Waals surface area (Å²) in [5, 5.41) is 4.04. The summed E-state index contributed by atoms with van der Waals surface area (Å²) in [7, 11) is 0. The number of ether oxygens (including phenoxy) is 2. The summed E-state index contributed by atoms with van der Waals surface area (Å²) in [6.07, 6.45) is 2.13. The number of carbonyl (C=O) groups is 1. The molecule has 23 heavy (non-hydrogen) atoms. The van der Waals surface area contributed by atoms with Gasteiger partial charge in [0.15, 0.2) is 5.69 Å². The van der Waals surface area contributed by atoms with Crippen molar-refractivity contribution < 1.29 is 14.3 Å². The minimum absolute atomic E-state index is 0.00695. The van der Waals surface area contributed by atoms with E-state index >= 15 is 0 Å². The van der Waals surface area contributed by atoms with Gasteiger partial charge in [-0.15, -0.1) is 5.10 Å². The van der Waals surface area contributed by atoms with Crippen molar-refractivity contribution in [3.05, 3.63) is 10.6 Å². The molecule has 0 N–H and O–H groups in total. The third-order valence-corrected chi connectivity index (χ3v) is 5.76. The number of morpholine rings is 1. The van der Waals surface area contributed by atoms with Crippen LogP contribution in [0, 0.1) is 6.92 Å². The van der Waals surface area contributed by atoms with E-state index in [0.29, 0.717) is 12.2 Å². The fourth-order valence-electron chi connectivity index (χ4n) is 3.96. The summed E-state index contributed by atoms with van der Waals surface area (Å²) in [4.78, 5) is 18.2. The number of hydrogen-bond donors (Lipinski definition) is 0. The highest BCUT2D eigenvalue weighted by Gasteiger charge is 2.48. The minimum Gasteiger partial charge on any atom is -0.379 e. The van der Waals surface area contributed by atoms with Crippen LogP contribution in [0.2, 0.25) is 0 Å². The molecule has 126 valence electrons. The summed E-state index contributed by atoms with van der Waals surface area (Å²) in [5.41, 5.74) is 0.502. The molecular formula is C15H22N4O3S. The fourth-order valence-corrected chi connectivity index (χ4v) is 4.42. The largest absolute Gasteiger partial charge is 0.379 e. The predicted octanol–water partition coefficient (Wildman–Crippen LogP) is 0.551. The van der Waals surface area contributed by atoms with E-state index in [0.717, 1.165) is 50.6 Å². The first-order chi connectivity index (χ1) is 11.3. The van der Waals surface area contributed by atoms with Gasteiger partial charge in [-0.05, 0) is 31.3 Å². The van der Waals surface area contributed by atoms with Gasteiger partial charge in [0.2, 0.25) is 0 Å². The van der Waals surface area contributed by atoms with Crippen molar-refractivity contribution in [3.8, 4) is 0 Å². The number of fused-ring (bicyclic) bond motifs is 1. The lowest BCUT2D eigenvalue weighted by atomic mass is 10.00. The number of rotatable bonds is 2. The SMILES string of the molecule is Cc1snnc1C(=O)N1C[C@H](N2CCOCC2)[C@@H]2OCCC[C@@H]21. The lowest BCUT2D eigenvalue weighted by Crippen LogP contribution is -2.51. The molecule has 3 fully saturated rings. The van der Waals surface area contributed by atoms with Gasteiger partial charge in [-0.3, -0.25) is 9.69 Å². The van der Waals surface area contributed by atoms with Gasteiger partial charge in [0.1, 0.15) is 0 Å². The van der Waals surface area contributed by atoms with E-state index in [1.165, 1.54) is 11.5 Å². The lowest BCUT2D eigenvalue weighted by Gasteiger charge is -2.37. The Balaban J connectivity index is 1.57. The third-order valence-electron chi connectivity index (χ3n) is 5.13. The Labute approximate surface area is 139 Å². The highest BCUT2D eigenvalue weighted by Crippen LogP contribution is 2.33. The van der Waals surface area contributed by atoms with Gasteiger partial charge >= 0.3 is 0 Å². The smallest absolute Gasteiger partial charge is 0.275 e. The Morgan fingerprint density at radius 1 is 1.26 bits per heavy atom. The van der Waals surface area contributed by atoms with Crippen molar-refractivity contribution in [2.75, 3.05) is 39.5 Å². The second-order valence-electron chi connectivity index (χ2n) is 6.40. The zero-order valence-corrected chi connectivity index (χ0v) is 14.1. The number of aryl methyl sites for hydroxylation is 1. The second kappa shape index (κ2) is 6.43. The van der Waals surface area contributed by atoms with Gasteiger partial charge in [-0.2, -0.15) is 0 Å². The van der Waals surface area contributed by atoms with E-state index in [9.17, 15) is 4.79 Å². The molecule has 0 radical (unpaired) electrons. The molecule has 3 aliphatic heterocycles. The first kappa shape index (κ1) is 15.4. The molecule has 3 aliphatic rings. The molecule has 0 saturated carbocycles. The van der Waals surface area contributed by atoms with E-state index in [4.69, 9.17) is 9.47 Å². The molecule has 0 aromatic carbocycles. The highest BCUT2D eigenvalue weighted by atomic mass is 32.1. The van der Waals surface area contributed by atoms with Crippen LogP contribution < -0.4 is 0 Å². The first-order valence-corrected chi connectivity index (χ1v) is 9.06. The van der Waals surface area contributed by atoms with Crippen LogP contribution in [-0.2, 0) is 9.47 Å². The summed E-state index contributed by atoms with van der Waals surface area (Å²) < 4.78 is 15.5. The molecule has 3 atom stereocenters. The van der Waals surface area contributed by atoms with Crippen LogP contribution in [0.1, 0.15) is 28.2 Å². The monoisotopic (exact) mass is 338 g/mol. The van der Waals surface area contributed by atoms with Crippen LogP contribution >= 0.6 is 11.5 Å². The summed E-state index contributed by atoms with van der Waals surface area (Å²) in [6.45, 7) is 6.76. The molecular weight excluding hydrogens is 316 g/mol. The molecule has 4 rings (SSSR count).